The van der Waals surface area contributed by atoms with Crippen LogP contribution in [0.25, 0.3) is 11.0 Å². The van der Waals surface area contributed by atoms with Gasteiger partial charge in [0.05, 0.1) is 18.8 Å². The van der Waals surface area contributed by atoms with Gasteiger partial charge in [-0.2, -0.15) is 0 Å². The minimum Gasteiger partial charge on any atom is -0.459 e. The molecule has 1 fully saturated rings. The molecule has 1 aromatic heterocycles. The molecule has 2 heterocycles. The lowest BCUT2D eigenvalue weighted by Gasteiger charge is -2.37. The highest BCUT2D eigenvalue weighted by Gasteiger charge is 2.29. The Kier molecular flexibility index (Phi) is 3.78. The standard InChI is InChI=1S/C16H22N2O2/c1-11(2)18-7-8-19-15(10-18)16(17)14-9-12-5-3-4-6-13(12)20-14/h3-6,9,11,15-16H,7-8,10,17H2,1-2H3. The zero-order valence-electron chi connectivity index (χ0n) is 12.1. The van der Waals surface area contributed by atoms with Crippen molar-refractivity contribution in [2.24, 2.45) is 5.73 Å². The van der Waals surface area contributed by atoms with E-state index >= 15 is 0 Å². The van der Waals surface area contributed by atoms with Crippen LogP contribution in [0.2, 0.25) is 0 Å². The van der Waals surface area contributed by atoms with Gasteiger partial charge in [0.2, 0.25) is 0 Å². The Hall–Kier alpha value is -1.36. The van der Waals surface area contributed by atoms with Crippen molar-refractivity contribution in [3.05, 3.63) is 36.1 Å². The third-order valence-corrected chi connectivity index (χ3v) is 4.03. The van der Waals surface area contributed by atoms with Crippen molar-refractivity contribution in [1.82, 2.24) is 4.90 Å². The van der Waals surface area contributed by atoms with Gasteiger partial charge in [-0.15, -0.1) is 0 Å². The summed E-state index contributed by atoms with van der Waals surface area (Å²) in [5.74, 6) is 0.807. The molecule has 4 nitrogen and oxygen atoms in total. The van der Waals surface area contributed by atoms with Crippen LogP contribution in [0.5, 0.6) is 0 Å². The molecule has 1 aromatic carbocycles. The smallest absolute Gasteiger partial charge is 0.134 e. The average Bonchev–Trinajstić information content (AvgIpc) is 2.90. The summed E-state index contributed by atoms with van der Waals surface area (Å²) < 4.78 is 11.7. The Morgan fingerprint density at radius 1 is 1.30 bits per heavy atom. The quantitative estimate of drug-likeness (QED) is 0.934. The van der Waals surface area contributed by atoms with Crippen LogP contribution in [0.3, 0.4) is 0 Å². The van der Waals surface area contributed by atoms with Crippen LogP contribution in [0, 0.1) is 0 Å². The molecule has 108 valence electrons. The summed E-state index contributed by atoms with van der Waals surface area (Å²) in [4.78, 5) is 2.40. The molecule has 1 aliphatic rings. The van der Waals surface area contributed by atoms with Gasteiger partial charge in [0, 0.05) is 24.5 Å². The highest BCUT2D eigenvalue weighted by atomic mass is 16.5. The second-order valence-electron chi connectivity index (χ2n) is 5.71. The first-order valence-corrected chi connectivity index (χ1v) is 7.25. The molecule has 0 aliphatic carbocycles. The molecule has 2 N–H and O–H groups in total. The van der Waals surface area contributed by atoms with Crippen molar-refractivity contribution in [2.45, 2.75) is 32.0 Å². The molecule has 1 saturated heterocycles. The third kappa shape index (κ3) is 2.59. The van der Waals surface area contributed by atoms with E-state index in [4.69, 9.17) is 14.9 Å². The van der Waals surface area contributed by atoms with Crippen LogP contribution in [-0.4, -0.2) is 36.7 Å². The van der Waals surface area contributed by atoms with Gasteiger partial charge in [-0.3, -0.25) is 4.90 Å². The first-order valence-electron chi connectivity index (χ1n) is 7.25. The summed E-state index contributed by atoms with van der Waals surface area (Å²) in [6, 6.07) is 10.3. The maximum Gasteiger partial charge on any atom is 0.134 e. The van der Waals surface area contributed by atoms with E-state index in [9.17, 15) is 0 Å². The molecule has 0 saturated carbocycles. The molecular weight excluding hydrogens is 252 g/mol. The molecule has 0 bridgehead atoms. The summed E-state index contributed by atoms with van der Waals surface area (Å²) in [5.41, 5.74) is 7.23. The number of furan rings is 1. The lowest BCUT2D eigenvalue weighted by Crippen LogP contribution is -2.49. The summed E-state index contributed by atoms with van der Waals surface area (Å²) in [7, 11) is 0. The fourth-order valence-corrected chi connectivity index (χ4v) is 2.73. The normalized spacial score (nSPS) is 22.5. The largest absolute Gasteiger partial charge is 0.459 e. The third-order valence-electron chi connectivity index (χ3n) is 4.03. The number of hydrogen-bond acceptors (Lipinski definition) is 4. The lowest BCUT2D eigenvalue weighted by molar-refractivity contribution is -0.0527. The van der Waals surface area contributed by atoms with Gasteiger partial charge in [-0.25, -0.2) is 0 Å². The zero-order chi connectivity index (χ0) is 14.1. The van der Waals surface area contributed by atoms with E-state index < -0.39 is 0 Å². The topological polar surface area (TPSA) is 51.6 Å². The van der Waals surface area contributed by atoms with Crippen LogP contribution >= 0.6 is 0 Å². The highest BCUT2D eigenvalue weighted by Crippen LogP contribution is 2.27. The first-order chi connectivity index (χ1) is 9.65. The van der Waals surface area contributed by atoms with E-state index in [1.807, 2.05) is 30.3 Å². The van der Waals surface area contributed by atoms with Crippen LogP contribution in [-0.2, 0) is 4.74 Å². The number of morpholine rings is 1. The number of benzene rings is 1. The molecule has 2 atom stereocenters. The minimum atomic E-state index is -0.219. The van der Waals surface area contributed by atoms with E-state index in [1.165, 1.54) is 0 Å². The molecular formula is C16H22N2O2. The Morgan fingerprint density at radius 2 is 2.10 bits per heavy atom. The van der Waals surface area contributed by atoms with Gasteiger partial charge < -0.3 is 14.9 Å². The van der Waals surface area contributed by atoms with E-state index in [0.717, 1.165) is 36.4 Å². The van der Waals surface area contributed by atoms with Crippen molar-refractivity contribution in [1.29, 1.82) is 0 Å². The number of para-hydroxylation sites is 1. The molecule has 2 aromatic rings. The van der Waals surface area contributed by atoms with Crippen molar-refractivity contribution in [3.63, 3.8) is 0 Å². The minimum absolute atomic E-state index is 0.00767. The predicted molar refractivity (Wildman–Crippen MR) is 79.6 cm³/mol. The fourth-order valence-electron chi connectivity index (χ4n) is 2.73. The van der Waals surface area contributed by atoms with E-state index in [1.54, 1.807) is 0 Å². The van der Waals surface area contributed by atoms with Crippen molar-refractivity contribution in [3.8, 4) is 0 Å². The Balaban J connectivity index is 1.79. The number of nitrogens with zero attached hydrogens (tertiary/aromatic N) is 1. The van der Waals surface area contributed by atoms with Gasteiger partial charge in [-0.05, 0) is 26.0 Å². The molecule has 0 radical (unpaired) electrons. The molecule has 4 heteroatoms. The summed E-state index contributed by atoms with van der Waals surface area (Å²) >= 11 is 0. The van der Waals surface area contributed by atoms with Gasteiger partial charge in [0.25, 0.3) is 0 Å². The van der Waals surface area contributed by atoms with Crippen molar-refractivity contribution in [2.75, 3.05) is 19.7 Å². The molecule has 2 unspecified atom stereocenters. The number of ether oxygens (including phenoxy) is 1. The first kappa shape index (κ1) is 13.6. The van der Waals surface area contributed by atoms with E-state index in [2.05, 4.69) is 18.7 Å². The molecule has 0 spiro atoms. The van der Waals surface area contributed by atoms with Crippen LogP contribution < -0.4 is 5.73 Å². The maximum absolute atomic E-state index is 6.35. The van der Waals surface area contributed by atoms with Gasteiger partial charge in [-0.1, -0.05) is 18.2 Å². The summed E-state index contributed by atoms with van der Waals surface area (Å²) in [6.07, 6.45) is -0.00767. The van der Waals surface area contributed by atoms with Crippen LogP contribution in [0.4, 0.5) is 0 Å². The SMILES string of the molecule is CC(C)N1CCOC(C(N)c2cc3ccccc3o2)C1. The van der Waals surface area contributed by atoms with Crippen molar-refractivity contribution >= 4 is 11.0 Å². The van der Waals surface area contributed by atoms with Gasteiger partial charge in [0.15, 0.2) is 0 Å². The zero-order valence-corrected chi connectivity index (χ0v) is 12.1. The number of hydrogen-bond donors (Lipinski definition) is 1. The Labute approximate surface area is 119 Å². The lowest BCUT2D eigenvalue weighted by atomic mass is 10.1. The number of fused-ring (bicyclic) bond motifs is 1. The molecule has 1 aliphatic heterocycles. The van der Waals surface area contributed by atoms with Crippen LogP contribution in [0.15, 0.2) is 34.7 Å². The molecule has 3 rings (SSSR count). The number of nitrogens with two attached hydrogens (primary N) is 1. The van der Waals surface area contributed by atoms with E-state index in [-0.39, 0.29) is 12.1 Å². The second kappa shape index (κ2) is 5.56. The maximum atomic E-state index is 6.35. The Bertz CT molecular complexity index is 546. The highest BCUT2D eigenvalue weighted by molar-refractivity contribution is 5.77. The molecule has 0 amide bonds. The number of rotatable bonds is 3. The van der Waals surface area contributed by atoms with Crippen molar-refractivity contribution < 1.29 is 9.15 Å². The second-order valence-corrected chi connectivity index (χ2v) is 5.71. The van der Waals surface area contributed by atoms with E-state index in [0.29, 0.717) is 6.04 Å². The van der Waals surface area contributed by atoms with Gasteiger partial charge in [0.1, 0.15) is 11.3 Å². The summed E-state index contributed by atoms with van der Waals surface area (Å²) in [5, 5.41) is 1.09. The summed E-state index contributed by atoms with van der Waals surface area (Å²) in [6.45, 7) is 6.97. The van der Waals surface area contributed by atoms with Gasteiger partial charge >= 0.3 is 0 Å². The predicted octanol–water partition coefficient (Wildman–Crippen LogP) is 2.54. The average molecular weight is 274 g/mol. The fraction of sp³-hybridized carbons (Fsp3) is 0.500. The monoisotopic (exact) mass is 274 g/mol. The van der Waals surface area contributed by atoms with Crippen LogP contribution in [0.1, 0.15) is 25.6 Å². The molecule has 20 heavy (non-hydrogen) atoms. The Morgan fingerprint density at radius 3 is 2.85 bits per heavy atom.